The van der Waals surface area contributed by atoms with Crippen molar-refractivity contribution in [2.24, 2.45) is 0 Å². The number of nitrogens with zero attached hydrogens (tertiary/aromatic N) is 2. The number of fused-ring (bicyclic) bond motifs is 3. The lowest BCUT2D eigenvalue weighted by Gasteiger charge is -2.17. The highest BCUT2D eigenvalue weighted by Gasteiger charge is 2.29. The van der Waals surface area contributed by atoms with Gasteiger partial charge in [-0.2, -0.15) is 0 Å². The minimum absolute atomic E-state index is 0.0860. The molecule has 2 N–H and O–H groups in total. The molecule has 34 heavy (non-hydrogen) atoms. The Hall–Kier alpha value is -4.39. The highest BCUT2D eigenvalue weighted by Crippen LogP contribution is 2.44. The van der Waals surface area contributed by atoms with Crippen molar-refractivity contribution in [3.63, 3.8) is 0 Å². The standard InChI is InChI=1S/C27H23N3O4/c31-26(32)25(15-18-9-11-19(12-10-18)30-14-13-28-17-30)29-27(33)34-16-24-22-7-3-1-5-20(22)21-6-2-4-8-23(21)24/h1-14,17,24-25H,15-16H2,(H,29,33)(H,31,32). The summed E-state index contributed by atoms with van der Waals surface area (Å²) >= 11 is 0. The molecule has 1 heterocycles. The van der Waals surface area contributed by atoms with Crippen molar-refractivity contribution >= 4 is 12.1 Å². The van der Waals surface area contributed by atoms with Gasteiger partial charge >= 0.3 is 12.1 Å². The van der Waals surface area contributed by atoms with Gasteiger partial charge in [0.1, 0.15) is 12.6 Å². The Morgan fingerprint density at radius 2 is 1.62 bits per heavy atom. The molecule has 0 radical (unpaired) electrons. The second-order valence-corrected chi connectivity index (χ2v) is 8.20. The Bertz CT molecular complexity index is 1270. The Kier molecular flexibility index (Phi) is 5.82. The van der Waals surface area contributed by atoms with Gasteiger partial charge in [0.15, 0.2) is 0 Å². The molecule has 1 aliphatic rings. The van der Waals surface area contributed by atoms with Gasteiger partial charge in [-0.25, -0.2) is 14.6 Å². The van der Waals surface area contributed by atoms with Crippen LogP contribution in [0.2, 0.25) is 0 Å². The van der Waals surface area contributed by atoms with Crippen LogP contribution in [0.4, 0.5) is 4.79 Å². The number of nitrogens with one attached hydrogen (secondary N) is 1. The Balaban J connectivity index is 1.23. The van der Waals surface area contributed by atoms with E-state index in [1.54, 1.807) is 12.5 Å². The normalized spacial score (nSPS) is 13.1. The van der Waals surface area contributed by atoms with Crippen LogP contribution in [0.5, 0.6) is 0 Å². The van der Waals surface area contributed by atoms with E-state index in [1.807, 2.05) is 71.4 Å². The molecule has 1 amide bonds. The van der Waals surface area contributed by atoms with E-state index in [-0.39, 0.29) is 18.9 Å². The van der Waals surface area contributed by atoms with Crippen LogP contribution in [-0.4, -0.2) is 39.4 Å². The summed E-state index contributed by atoms with van der Waals surface area (Å²) in [6.45, 7) is 0.131. The monoisotopic (exact) mass is 453 g/mol. The quantitative estimate of drug-likeness (QED) is 0.432. The fourth-order valence-corrected chi connectivity index (χ4v) is 4.43. The second-order valence-electron chi connectivity index (χ2n) is 8.20. The Labute approximate surface area is 196 Å². The molecular weight excluding hydrogens is 430 g/mol. The molecule has 5 rings (SSSR count). The van der Waals surface area contributed by atoms with Crippen molar-refractivity contribution in [3.05, 3.63) is 108 Å². The molecule has 0 spiro atoms. The molecule has 4 aromatic rings. The summed E-state index contributed by atoms with van der Waals surface area (Å²) in [7, 11) is 0. The second kappa shape index (κ2) is 9.23. The number of ether oxygens (including phenoxy) is 1. The third kappa shape index (κ3) is 4.28. The molecule has 1 aliphatic carbocycles. The van der Waals surface area contributed by atoms with Crippen LogP contribution in [-0.2, 0) is 16.0 Å². The molecule has 170 valence electrons. The maximum atomic E-state index is 12.5. The van der Waals surface area contributed by atoms with Crippen LogP contribution >= 0.6 is 0 Å². The van der Waals surface area contributed by atoms with Gasteiger partial charge in [0.2, 0.25) is 0 Å². The number of alkyl carbamates (subject to hydrolysis) is 1. The molecule has 1 unspecified atom stereocenters. The summed E-state index contributed by atoms with van der Waals surface area (Å²) in [5.74, 6) is -1.20. The number of imidazole rings is 1. The number of aromatic nitrogens is 2. The van der Waals surface area contributed by atoms with Crippen LogP contribution in [0, 0.1) is 0 Å². The van der Waals surface area contributed by atoms with Gasteiger partial charge in [-0.05, 0) is 39.9 Å². The van der Waals surface area contributed by atoms with Crippen LogP contribution in [0.25, 0.3) is 16.8 Å². The third-order valence-corrected chi connectivity index (χ3v) is 6.11. The largest absolute Gasteiger partial charge is 0.480 e. The zero-order chi connectivity index (χ0) is 23.5. The Morgan fingerprint density at radius 1 is 0.971 bits per heavy atom. The fourth-order valence-electron chi connectivity index (χ4n) is 4.43. The van der Waals surface area contributed by atoms with Gasteiger partial charge in [0.25, 0.3) is 0 Å². The van der Waals surface area contributed by atoms with E-state index < -0.39 is 18.1 Å². The van der Waals surface area contributed by atoms with Crippen molar-refractivity contribution in [1.82, 2.24) is 14.9 Å². The number of carbonyl (C=O) groups excluding carboxylic acids is 1. The maximum absolute atomic E-state index is 12.5. The maximum Gasteiger partial charge on any atom is 0.407 e. The number of carboxylic acids is 1. The molecule has 3 aromatic carbocycles. The molecule has 7 nitrogen and oxygen atoms in total. The highest BCUT2D eigenvalue weighted by molar-refractivity contribution is 5.81. The molecule has 0 fully saturated rings. The fraction of sp³-hybridized carbons (Fsp3) is 0.148. The van der Waals surface area contributed by atoms with E-state index in [4.69, 9.17) is 4.74 Å². The van der Waals surface area contributed by atoms with Gasteiger partial charge in [-0.3, -0.25) is 0 Å². The zero-order valence-electron chi connectivity index (χ0n) is 18.3. The first-order valence-electron chi connectivity index (χ1n) is 11.0. The van der Waals surface area contributed by atoms with Gasteiger partial charge in [0, 0.05) is 30.4 Å². The molecule has 0 bridgehead atoms. The number of hydrogen-bond acceptors (Lipinski definition) is 4. The van der Waals surface area contributed by atoms with Crippen molar-refractivity contribution < 1.29 is 19.4 Å². The van der Waals surface area contributed by atoms with Crippen LogP contribution in [0.15, 0.2) is 91.5 Å². The predicted molar refractivity (Wildman–Crippen MR) is 127 cm³/mol. The molecule has 7 heteroatoms. The van der Waals surface area contributed by atoms with Crippen molar-refractivity contribution in [2.75, 3.05) is 6.61 Å². The summed E-state index contributed by atoms with van der Waals surface area (Å²) < 4.78 is 7.36. The smallest absolute Gasteiger partial charge is 0.407 e. The number of carbonyl (C=O) groups is 2. The first-order chi connectivity index (χ1) is 16.6. The first-order valence-corrected chi connectivity index (χ1v) is 11.0. The lowest BCUT2D eigenvalue weighted by atomic mass is 9.98. The van der Waals surface area contributed by atoms with Crippen LogP contribution in [0.1, 0.15) is 22.6 Å². The van der Waals surface area contributed by atoms with E-state index in [0.717, 1.165) is 33.5 Å². The SMILES string of the molecule is O=C(NC(Cc1ccc(-n2ccnc2)cc1)C(=O)O)OCC1c2ccccc2-c2ccccc21. The third-order valence-electron chi connectivity index (χ3n) is 6.11. The topological polar surface area (TPSA) is 93.5 Å². The lowest BCUT2D eigenvalue weighted by Crippen LogP contribution is -2.42. The van der Waals surface area contributed by atoms with Crippen LogP contribution in [0.3, 0.4) is 0 Å². The van der Waals surface area contributed by atoms with Crippen molar-refractivity contribution in [2.45, 2.75) is 18.4 Å². The summed E-state index contributed by atoms with van der Waals surface area (Å²) in [6, 6.07) is 22.4. The molecular formula is C27H23N3O4. The minimum atomic E-state index is -1.12. The molecule has 1 atom stereocenters. The van der Waals surface area contributed by atoms with E-state index in [9.17, 15) is 14.7 Å². The Morgan fingerprint density at radius 3 is 2.21 bits per heavy atom. The average Bonchev–Trinajstić information content (AvgIpc) is 3.50. The average molecular weight is 453 g/mol. The predicted octanol–water partition coefficient (Wildman–Crippen LogP) is 4.41. The number of benzene rings is 3. The summed E-state index contributed by atoms with van der Waals surface area (Å²) in [5.41, 5.74) is 6.17. The van der Waals surface area contributed by atoms with Crippen molar-refractivity contribution in [1.29, 1.82) is 0 Å². The molecule has 1 aromatic heterocycles. The van der Waals surface area contributed by atoms with E-state index >= 15 is 0 Å². The summed E-state index contributed by atoms with van der Waals surface area (Å²) in [5, 5.41) is 12.1. The molecule has 0 aliphatic heterocycles. The minimum Gasteiger partial charge on any atom is -0.480 e. The number of carboxylic acid groups (broad SMARTS) is 1. The van der Waals surface area contributed by atoms with E-state index in [0.29, 0.717) is 0 Å². The highest BCUT2D eigenvalue weighted by atomic mass is 16.5. The molecule has 0 saturated heterocycles. The summed E-state index contributed by atoms with van der Waals surface area (Å²) in [6.07, 6.45) is 4.60. The molecule has 0 saturated carbocycles. The summed E-state index contributed by atoms with van der Waals surface area (Å²) in [4.78, 5) is 28.3. The van der Waals surface area contributed by atoms with Gasteiger partial charge in [-0.15, -0.1) is 0 Å². The van der Waals surface area contributed by atoms with Gasteiger partial charge in [0.05, 0.1) is 6.33 Å². The number of rotatable bonds is 7. The van der Waals surface area contributed by atoms with E-state index in [2.05, 4.69) is 22.4 Å². The first kappa shape index (κ1) is 21.5. The number of aliphatic carboxylic acids is 1. The van der Waals surface area contributed by atoms with Crippen molar-refractivity contribution in [3.8, 4) is 16.8 Å². The number of amides is 1. The number of hydrogen-bond donors (Lipinski definition) is 2. The van der Waals surface area contributed by atoms with Crippen LogP contribution < -0.4 is 5.32 Å². The van der Waals surface area contributed by atoms with Gasteiger partial charge in [-0.1, -0.05) is 60.7 Å². The zero-order valence-corrected chi connectivity index (χ0v) is 18.3. The van der Waals surface area contributed by atoms with E-state index in [1.165, 1.54) is 0 Å². The van der Waals surface area contributed by atoms with Gasteiger partial charge < -0.3 is 19.7 Å². The lowest BCUT2D eigenvalue weighted by molar-refractivity contribution is -0.139.